The van der Waals surface area contributed by atoms with Crippen molar-refractivity contribution in [2.45, 2.75) is 38.8 Å². The second kappa shape index (κ2) is 8.97. The standard InChI is InChI=1S/C22H23F2N3O3S/c1-22(2,3)30-21(29)26-18(9-13-7-14(23)10-15(24)8-13)20(28)27(4)16-5-6-19-17(11-16)25-12-31-19/h5-8,10-12,18H,9H2,1-4H3,(H,26,29)/t18-/m0/s1. The molecule has 0 saturated carbocycles. The molecule has 9 heteroatoms. The normalized spacial score (nSPS) is 12.5. The highest BCUT2D eigenvalue weighted by molar-refractivity contribution is 7.16. The third kappa shape index (κ3) is 5.97. The van der Waals surface area contributed by atoms with Crippen LogP contribution in [0.25, 0.3) is 10.2 Å². The maximum atomic E-state index is 13.7. The van der Waals surface area contributed by atoms with Gasteiger partial charge in [-0.2, -0.15) is 0 Å². The number of hydrogen-bond donors (Lipinski definition) is 1. The molecule has 0 spiro atoms. The van der Waals surface area contributed by atoms with Crippen LogP contribution >= 0.6 is 11.3 Å². The van der Waals surface area contributed by atoms with Gasteiger partial charge >= 0.3 is 6.09 Å². The highest BCUT2D eigenvalue weighted by atomic mass is 32.1. The van der Waals surface area contributed by atoms with Gasteiger partial charge in [-0.1, -0.05) is 0 Å². The van der Waals surface area contributed by atoms with Crippen LogP contribution in [0.3, 0.4) is 0 Å². The van der Waals surface area contributed by atoms with Gasteiger partial charge in [0.05, 0.1) is 15.7 Å². The van der Waals surface area contributed by atoms with Crippen molar-refractivity contribution in [1.82, 2.24) is 10.3 Å². The first-order chi connectivity index (χ1) is 14.5. The van der Waals surface area contributed by atoms with E-state index in [1.807, 2.05) is 6.07 Å². The monoisotopic (exact) mass is 447 g/mol. The summed E-state index contributed by atoms with van der Waals surface area (Å²) in [5.41, 5.74) is 2.48. The fraction of sp³-hybridized carbons (Fsp3) is 0.318. The second-order valence-corrected chi connectivity index (χ2v) is 8.97. The molecule has 0 radical (unpaired) electrons. The summed E-state index contributed by atoms with van der Waals surface area (Å²) in [6.45, 7) is 5.08. The largest absolute Gasteiger partial charge is 0.444 e. The molecule has 1 atom stereocenters. The van der Waals surface area contributed by atoms with E-state index in [4.69, 9.17) is 4.74 Å². The predicted octanol–water partition coefficient (Wildman–Crippen LogP) is 4.67. The molecule has 0 aliphatic carbocycles. The number of amides is 2. The fourth-order valence-electron chi connectivity index (χ4n) is 3.03. The van der Waals surface area contributed by atoms with Crippen LogP contribution in [0.5, 0.6) is 0 Å². The number of nitrogens with zero attached hydrogens (tertiary/aromatic N) is 2. The molecule has 0 saturated heterocycles. The minimum absolute atomic E-state index is 0.115. The number of halogens is 2. The number of rotatable bonds is 5. The van der Waals surface area contributed by atoms with Crippen molar-refractivity contribution in [3.8, 4) is 0 Å². The third-order valence-corrected chi connectivity index (χ3v) is 5.19. The number of carbonyl (C=O) groups is 2. The zero-order valence-electron chi connectivity index (χ0n) is 17.6. The maximum Gasteiger partial charge on any atom is 0.408 e. The van der Waals surface area contributed by atoms with Gasteiger partial charge in [0, 0.05) is 25.2 Å². The average molecular weight is 448 g/mol. The molecule has 164 valence electrons. The number of nitrogens with one attached hydrogen (secondary N) is 1. The third-order valence-electron chi connectivity index (χ3n) is 4.38. The van der Waals surface area contributed by atoms with Crippen LogP contribution in [0.4, 0.5) is 19.3 Å². The van der Waals surface area contributed by atoms with Crippen LogP contribution in [0.15, 0.2) is 41.9 Å². The maximum absolute atomic E-state index is 13.7. The Hall–Kier alpha value is -3.07. The molecular formula is C22H23F2N3O3S. The molecule has 3 aromatic rings. The van der Waals surface area contributed by atoms with Crippen molar-refractivity contribution in [3.63, 3.8) is 0 Å². The Morgan fingerprint density at radius 2 is 1.84 bits per heavy atom. The number of fused-ring (bicyclic) bond motifs is 1. The molecule has 1 aromatic heterocycles. The van der Waals surface area contributed by atoms with Gasteiger partial charge in [-0.25, -0.2) is 18.6 Å². The van der Waals surface area contributed by atoms with E-state index in [9.17, 15) is 18.4 Å². The van der Waals surface area contributed by atoms with Crippen LogP contribution in [-0.4, -0.2) is 35.7 Å². The molecule has 0 aliphatic heterocycles. The van der Waals surface area contributed by atoms with E-state index >= 15 is 0 Å². The zero-order chi connectivity index (χ0) is 22.8. The summed E-state index contributed by atoms with van der Waals surface area (Å²) >= 11 is 1.48. The molecular weight excluding hydrogens is 424 g/mol. The predicted molar refractivity (Wildman–Crippen MR) is 116 cm³/mol. The fourth-order valence-corrected chi connectivity index (χ4v) is 3.69. The molecule has 0 unspecified atom stereocenters. The average Bonchev–Trinajstić information content (AvgIpc) is 3.11. The zero-order valence-corrected chi connectivity index (χ0v) is 18.4. The van der Waals surface area contributed by atoms with E-state index in [2.05, 4.69) is 10.3 Å². The Kier molecular flexibility index (Phi) is 6.54. The van der Waals surface area contributed by atoms with Crippen LogP contribution in [0.2, 0.25) is 0 Å². The van der Waals surface area contributed by atoms with Crippen molar-refractivity contribution < 1.29 is 23.1 Å². The SMILES string of the molecule is CN(C(=O)[C@H](Cc1cc(F)cc(F)c1)NC(=O)OC(C)(C)C)c1ccc2scnc2c1. The lowest BCUT2D eigenvalue weighted by atomic mass is 10.0. The Morgan fingerprint density at radius 3 is 2.48 bits per heavy atom. The summed E-state index contributed by atoms with van der Waals surface area (Å²) in [5, 5.41) is 2.53. The summed E-state index contributed by atoms with van der Waals surface area (Å²) in [6.07, 6.45) is -0.915. The van der Waals surface area contributed by atoms with E-state index in [1.165, 1.54) is 16.2 Å². The lowest BCUT2D eigenvalue weighted by molar-refractivity contribution is -0.120. The molecule has 31 heavy (non-hydrogen) atoms. The molecule has 0 fully saturated rings. The minimum Gasteiger partial charge on any atom is -0.444 e. The van der Waals surface area contributed by atoms with E-state index in [0.717, 1.165) is 28.4 Å². The first-order valence-corrected chi connectivity index (χ1v) is 10.4. The van der Waals surface area contributed by atoms with Crippen LogP contribution in [0, 0.1) is 11.6 Å². The lowest BCUT2D eigenvalue weighted by Crippen LogP contribution is -2.50. The molecule has 1 N–H and O–H groups in total. The summed E-state index contributed by atoms with van der Waals surface area (Å²) < 4.78 is 33.5. The summed E-state index contributed by atoms with van der Waals surface area (Å²) in [4.78, 5) is 31.2. The summed E-state index contributed by atoms with van der Waals surface area (Å²) in [5.74, 6) is -1.99. The van der Waals surface area contributed by atoms with E-state index in [0.29, 0.717) is 5.69 Å². The number of aromatic nitrogens is 1. The number of thiazole rings is 1. The van der Waals surface area contributed by atoms with Gasteiger partial charge in [0.1, 0.15) is 23.3 Å². The van der Waals surface area contributed by atoms with Crippen molar-refractivity contribution in [3.05, 3.63) is 59.1 Å². The number of alkyl carbamates (subject to hydrolysis) is 1. The highest BCUT2D eigenvalue weighted by Gasteiger charge is 2.28. The van der Waals surface area contributed by atoms with Crippen molar-refractivity contribution in [1.29, 1.82) is 0 Å². The second-order valence-electron chi connectivity index (χ2n) is 8.08. The summed E-state index contributed by atoms with van der Waals surface area (Å²) in [6, 6.07) is 7.28. The van der Waals surface area contributed by atoms with Gasteiger partial charge in [0.15, 0.2) is 0 Å². The molecule has 1 heterocycles. The molecule has 3 rings (SSSR count). The number of likely N-dealkylation sites (N-methyl/N-ethyl adjacent to an activating group) is 1. The topological polar surface area (TPSA) is 71.5 Å². The highest BCUT2D eigenvalue weighted by Crippen LogP contribution is 2.24. The first kappa shape index (κ1) is 22.6. The van der Waals surface area contributed by atoms with Gasteiger partial charge in [0.2, 0.25) is 5.91 Å². The first-order valence-electron chi connectivity index (χ1n) is 9.57. The Labute approximate surface area is 182 Å². The molecule has 2 aromatic carbocycles. The smallest absolute Gasteiger partial charge is 0.408 e. The molecule has 0 bridgehead atoms. The van der Waals surface area contributed by atoms with Crippen LogP contribution in [-0.2, 0) is 16.0 Å². The van der Waals surface area contributed by atoms with Crippen molar-refractivity contribution in [2.75, 3.05) is 11.9 Å². The van der Waals surface area contributed by atoms with Gasteiger partial charge in [0.25, 0.3) is 0 Å². The Morgan fingerprint density at radius 1 is 1.16 bits per heavy atom. The number of benzene rings is 2. The van der Waals surface area contributed by atoms with E-state index in [1.54, 1.807) is 45.5 Å². The van der Waals surface area contributed by atoms with Crippen LogP contribution in [0.1, 0.15) is 26.3 Å². The molecule has 0 aliphatic rings. The summed E-state index contributed by atoms with van der Waals surface area (Å²) in [7, 11) is 1.56. The van der Waals surface area contributed by atoms with Gasteiger partial charge in [-0.05, 0) is 56.7 Å². The van der Waals surface area contributed by atoms with Crippen molar-refractivity contribution in [2.24, 2.45) is 0 Å². The number of anilines is 1. The lowest BCUT2D eigenvalue weighted by Gasteiger charge is -2.26. The van der Waals surface area contributed by atoms with Crippen molar-refractivity contribution >= 4 is 39.2 Å². The molecule has 2 amide bonds. The van der Waals surface area contributed by atoms with Gasteiger partial charge < -0.3 is 15.0 Å². The van der Waals surface area contributed by atoms with E-state index < -0.39 is 35.3 Å². The van der Waals surface area contributed by atoms with Gasteiger partial charge in [-0.3, -0.25) is 4.79 Å². The molecule has 6 nitrogen and oxygen atoms in total. The Bertz CT molecular complexity index is 1090. The number of carbonyl (C=O) groups excluding carboxylic acids is 2. The number of ether oxygens (including phenoxy) is 1. The Balaban J connectivity index is 1.87. The minimum atomic E-state index is -1.10. The quantitative estimate of drug-likeness (QED) is 0.617. The van der Waals surface area contributed by atoms with Gasteiger partial charge in [-0.15, -0.1) is 11.3 Å². The number of hydrogen-bond acceptors (Lipinski definition) is 5. The van der Waals surface area contributed by atoms with E-state index in [-0.39, 0.29) is 12.0 Å². The van der Waals surface area contributed by atoms with Crippen LogP contribution < -0.4 is 10.2 Å².